The van der Waals surface area contributed by atoms with Crippen molar-refractivity contribution in [1.29, 1.82) is 0 Å². The van der Waals surface area contributed by atoms with Gasteiger partial charge in [-0.25, -0.2) is 13.2 Å². The Balaban J connectivity index is 2.30. The summed E-state index contributed by atoms with van der Waals surface area (Å²) in [5.74, 6) is -1.58. The summed E-state index contributed by atoms with van der Waals surface area (Å²) < 4.78 is 31.1. The summed E-state index contributed by atoms with van der Waals surface area (Å²) in [6, 6.07) is 5.65. The third-order valence-electron chi connectivity index (χ3n) is 3.68. The van der Waals surface area contributed by atoms with E-state index < -0.39 is 27.8 Å². The number of benzene rings is 1. The molecular formula is C14H18N2O5S. The van der Waals surface area contributed by atoms with Crippen molar-refractivity contribution in [3.8, 4) is 0 Å². The van der Waals surface area contributed by atoms with Crippen LogP contribution in [0.5, 0.6) is 0 Å². The zero-order chi connectivity index (χ0) is 16.3. The maximum atomic E-state index is 12.6. The van der Waals surface area contributed by atoms with Crippen LogP contribution < -0.4 is 5.73 Å². The number of carbonyl (C=O) groups is 2. The molecule has 0 aliphatic carbocycles. The van der Waals surface area contributed by atoms with Gasteiger partial charge in [-0.3, -0.25) is 4.79 Å². The number of nitrogens with two attached hydrogens (primary N) is 1. The molecule has 1 amide bonds. The fourth-order valence-electron chi connectivity index (χ4n) is 2.44. The normalized spacial score (nSPS) is 19.6. The minimum absolute atomic E-state index is 0.000482. The van der Waals surface area contributed by atoms with E-state index in [-0.39, 0.29) is 17.0 Å². The summed E-state index contributed by atoms with van der Waals surface area (Å²) in [5, 5.41) is 0. The van der Waals surface area contributed by atoms with Crippen LogP contribution in [0.25, 0.3) is 0 Å². The second kappa shape index (κ2) is 6.45. The lowest BCUT2D eigenvalue weighted by Crippen LogP contribution is -2.44. The maximum Gasteiger partial charge on any atom is 0.337 e. The first-order valence-corrected chi connectivity index (χ1v) is 8.28. The smallest absolute Gasteiger partial charge is 0.337 e. The van der Waals surface area contributed by atoms with Crippen molar-refractivity contribution in [2.45, 2.75) is 17.7 Å². The first-order chi connectivity index (χ1) is 10.4. The van der Waals surface area contributed by atoms with Gasteiger partial charge in [-0.1, -0.05) is 6.07 Å². The van der Waals surface area contributed by atoms with Crippen molar-refractivity contribution in [2.24, 2.45) is 11.7 Å². The molecule has 1 atom stereocenters. The van der Waals surface area contributed by atoms with E-state index in [2.05, 4.69) is 4.74 Å². The number of nitrogens with zero attached hydrogens (tertiary/aromatic N) is 1. The minimum atomic E-state index is -3.77. The molecule has 0 radical (unpaired) electrons. The van der Waals surface area contributed by atoms with Crippen molar-refractivity contribution < 1.29 is 22.7 Å². The van der Waals surface area contributed by atoms with E-state index in [1.54, 1.807) is 0 Å². The van der Waals surface area contributed by atoms with Gasteiger partial charge in [-0.2, -0.15) is 4.31 Å². The van der Waals surface area contributed by atoms with Gasteiger partial charge in [0.15, 0.2) is 0 Å². The molecule has 7 nitrogen and oxygen atoms in total. The average molecular weight is 326 g/mol. The van der Waals surface area contributed by atoms with Crippen LogP contribution in [0, 0.1) is 5.92 Å². The number of hydrogen-bond donors (Lipinski definition) is 1. The lowest BCUT2D eigenvalue weighted by Gasteiger charge is -2.30. The molecule has 1 aliphatic heterocycles. The number of amides is 1. The van der Waals surface area contributed by atoms with Gasteiger partial charge in [0.25, 0.3) is 0 Å². The van der Waals surface area contributed by atoms with Crippen molar-refractivity contribution in [1.82, 2.24) is 4.31 Å². The number of hydrogen-bond acceptors (Lipinski definition) is 5. The number of piperidine rings is 1. The van der Waals surface area contributed by atoms with Crippen LogP contribution in [0.4, 0.5) is 0 Å². The summed E-state index contributed by atoms with van der Waals surface area (Å²) in [4.78, 5) is 22.8. The highest BCUT2D eigenvalue weighted by molar-refractivity contribution is 7.89. The summed E-state index contributed by atoms with van der Waals surface area (Å²) in [7, 11) is -2.55. The standard InChI is InChI=1S/C14H18N2O5S/c1-21-14(18)10-4-2-6-12(8-10)22(19,20)16-7-3-5-11(9-16)13(15)17/h2,4,6,8,11H,3,5,7,9H2,1H3,(H2,15,17)/t11-/m1/s1. The zero-order valence-corrected chi connectivity index (χ0v) is 13.0. The Hall–Kier alpha value is -1.93. The van der Waals surface area contributed by atoms with Crippen molar-refractivity contribution in [2.75, 3.05) is 20.2 Å². The van der Waals surface area contributed by atoms with Gasteiger partial charge in [0.05, 0.1) is 23.5 Å². The Morgan fingerprint density at radius 2 is 2.09 bits per heavy atom. The first-order valence-electron chi connectivity index (χ1n) is 6.84. The molecule has 0 unspecified atom stereocenters. The van der Waals surface area contributed by atoms with Gasteiger partial charge in [-0.05, 0) is 31.0 Å². The number of rotatable bonds is 4. The highest BCUT2D eigenvalue weighted by atomic mass is 32.2. The third-order valence-corrected chi connectivity index (χ3v) is 5.54. The molecule has 8 heteroatoms. The van der Waals surface area contributed by atoms with Gasteiger partial charge in [-0.15, -0.1) is 0 Å². The number of methoxy groups -OCH3 is 1. The number of esters is 1. The van der Waals surface area contributed by atoms with Crippen LogP contribution in [-0.4, -0.2) is 44.8 Å². The number of primary amides is 1. The summed E-state index contributed by atoms with van der Waals surface area (Å²) in [6.45, 7) is 0.398. The largest absolute Gasteiger partial charge is 0.465 e. The molecule has 120 valence electrons. The van der Waals surface area contributed by atoms with Crippen LogP contribution >= 0.6 is 0 Å². The SMILES string of the molecule is COC(=O)c1cccc(S(=O)(=O)N2CCC[C@@H](C(N)=O)C2)c1. The molecule has 1 saturated heterocycles. The van der Waals surface area contributed by atoms with E-state index in [0.717, 1.165) is 0 Å². The molecule has 1 aromatic carbocycles. The van der Waals surface area contributed by atoms with Crippen molar-refractivity contribution >= 4 is 21.9 Å². The number of sulfonamides is 1. The molecule has 0 aromatic heterocycles. The monoisotopic (exact) mass is 326 g/mol. The Bertz CT molecular complexity index is 686. The quantitative estimate of drug-likeness (QED) is 0.804. The lowest BCUT2D eigenvalue weighted by atomic mass is 9.99. The molecule has 0 saturated carbocycles. The van der Waals surface area contributed by atoms with E-state index in [0.29, 0.717) is 19.4 Å². The zero-order valence-electron chi connectivity index (χ0n) is 12.2. The Morgan fingerprint density at radius 1 is 1.36 bits per heavy atom. The molecule has 2 rings (SSSR count). The minimum Gasteiger partial charge on any atom is -0.465 e. The molecule has 22 heavy (non-hydrogen) atoms. The van der Waals surface area contributed by atoms with Crippen LogP contribution in [-0.2, 0) is 19.6 Å². The fraction of sp³-hybridized carbons (Fsp3) is 0.429. The van der Waals surface area contributed by atoms with Crippen molar-refractivity contribution in [3.63, 3.8) is 0 Å². The van der Waals surface area contributed by atoms with E-state index in [4.69, 9.17) is 5.73 Å². The van der Waals surface area contributed by atoms with Crippen molar-refractivity contribution in [3.05, 3.63) is 29.8 Å². The van der Waals surface area contributed by atoms with Gasteiger partial charge in [0.1, 0.15) is 0 Å². The van der Waals surface area contributed by atoms with Gasteiger partial charge in [0.2, 0.25) is 15.9 Å². The maximum absolute atomic E-state index is 12.6. The second-order valence-corrected chi connectivity index (χ2v) is 7.06. The molecule has 2 N–H and O–H groups in total. The molecule has 1 aromatic rings. The van der Waals surface area contributed by atoms with Gasteiger partial charge >= 0.3 is 5.97 Å². The molecule has 0 bridgehead atoms. The predicted molar refractivity (Wildman–Crippen MR) is 78.5 cm³/mol. The van der Waals surface area contributed by atoms with Gasteiger partial charge < -0.3 is 10.5 Å². The summed E-state index contributed by atoms with van der Waals surface area (Å²) >= 11 is 0. The molecule has 0 spiro atoms. The second-order valence-electron chi connectivity index (χ2n) is 5.12. The van der Waals surface area contributed by atoms with E-state index in [9.17, 15) is 18.0 Å². The predicted octanol–water partition coefficient (Wildman–Crippen LogP) is 0.359. The van der Waals surface area contributed by atoms with Crippen LogP contribution in [0.2, 0.25) is 0 Å². The van der Waals surface area contributed by atoms with Gasteiger partial charge in [0, 0.05) is 13.1 Å². The van der Waals surface area contributed by atoms with Crippen LogP contribution in [0.3, 0.4) is 0 Å². The van der Waals surface area contributed by atoms with Crippen LogP contribution in [0.15, 0.2) is 29.2 Å². The third kappa shape index (κ3) is 3.28. The fourth-order valence-corrected chi connectivity index (χ4v) is 4.01. The van der Waals surface area contributed by atoms with E-state index in [1.807, 2.05) is 0 Å². The number of carbonyl (C=O) groups excluding carboxylic acids is 2. The number of ether oxygens (including phenoxy) is 1. The Kier molecular flexibility index (Phi) is 4.82. The highest BCUT2D eigenvalue weighted by Crippen LogP contribution is 2.24. The highest BCUT2D eigenvalue weighted by Gasteiger charge is 2.32. The Morgan fingerprint density at radius 3 is 2.73 bits per heavy atom. The molecule has 1 fully saturated rings. The topological polar surface area (TPSA) is 107 Å². The van der Waals surface area contributed by atoms with E-state index >= 15 is 0 Å². The van der Waals surface area contributed by atoms with Crippen LogP contribution in [0.1, 0.15) is 23.2 Å². The summed E-state index contributed by atoms with van der Waals surface area (Å²) in [6.07, 6.45) is 1.16. The summed E-state index contributed by atoms with van der Waals surface area (Å²) in [5.41, 5.74) is 5.43. The average Bonchev–Trinajstić information content (AvgIpc) is 2.54. The first kappa shape index (κ1) is 16.4. The Labute approximate surface area is 129 Å². The molecule has 1 aliphatic rings. The lowest BCUT2D eigenvalue weighted by molar-refractivity contribution is -0.122. The van der Waals surface area contributed by atoms with E-state index in [1.165, 1.54) is 35.7 Å². The molecular weight excluding hydrogens is 308 g/mol. The molecule has 1 heterocycles.